The first-order valence-corrected chi connectivity index (χ1v) is 8.94. The minimum absolute atomic E-state index is 0.0518. The van der Waals surface area contributed by atoms with Gasteiger partial charge in [-0.1, -0.05) is 30.3 Å². The van der Waals surface area contributed by atoms with Crippen molar-refractivity contribution in [2.24, 2.45) is 0 Å². The molecule has 3 rings (SSSR count). The molecule has 0 bridgehead atoms. The molecule has 1 saturated heterocycles. The molecule has 1 N–H and O–H groups in total. The highest BCUT2D eigenvalue weighted by Gasteiger charge is 2.33. The number of alkyl halides is 3. The van der Waals surface area contributed by atoms with Crippen molar-refractivity contribution in [2.75, 3.05) is 25.0 Å². The lowest BCUT2D eigenvalue weighted by molar-refractivity contribution is -0.141. The Balaban J connectivity index is 1.49. The van der Waals surface area contributed by atoms with Crippen LogP contribution in [0, 0.1) is 0 Å². The summed E-state index contributed by atoms with van der Waals surface area (Å²) in [6, 6.07) is 11.3. The third-order valence-electron chi connectivity index (χ3n) is 4.57. The van der Waals surface area contributed by atoms with Crippen molar-refractivity contribution in [1.82, 2.24) is 14.9 Å². The van der Waals surface area contributed by atoms with E-state index < -0.39 is 11.9 Å². The van der Waals surface area contributed by atoms with Gasteiger partial charge in [-0.05, 0) is 50.4 Å². The number of hydrogen-bond acceptors (Lipinski definition) is 4. The van der Waals surface area contributed by atoms with Crippen LogP contribution in [0.15, 0.2) is 42.6 Å². The summed E-state index contributed by atoms with van der Waals surface area (Å²) in [6.45, 7) is 2.81. The summed E-state index contributed by atoms with van der Waals surface area (Å²) in [6.07, 6.45) is 0.730. The van der Waals surface area contributed by atoms with E-state index in [-0.39, 0.29) is 12.0 Å². The van der Waals surface area contributed by atoms with Gasteiger partial charge in [-0.25, -0.2) is 9.97 Å². The van der Waals surface area contributed by atoms with Crippen LogP contribution in [-0.2, 0) is 12.6 Å². The largest absolute Gasteiger partial charge is 0.433 e. The molecule has 2 aromatic rings. The second-order valence-electron chi connectivity index (χ2n) is 6.64. The molecule has 2 heterocycles. The molecule has 140 valence electrons. The third-order valence-corrected chi connectivity index (χ3v) is 4.57. The van der Waals surface area contributed by atoms with Gasteiger partial charge in [0, 0.05) is 18.8 Å². The van der Waals surface area contributed by atoms with E-state index in [1.807, 2.05) is 18.2 Å². The highest BCUT2D eigenvalue weighted by atomic mass is 19.4. The van der Waals surface area contributed by atoms with Crippen molar-refractivity contribution in [3.8, 4) is 0 Å². The Hall–Kier alpha value is -2.15. The van der Waals surface area contributed by atoms with Gasteiger partial charge in [0.1, 0.15) is 5.69 Å². The van der Waals surface area contributed by atoms with E-state index in [4.69, 9.17) is 0 Å². The Morgan fingerprint density at radius 3 is 2.73 bits per heavy atom. The maximum atomic E-state index is 12.8. The molecule has 0 radical (unpaired) electrons. The molecule has 26 heavy (non-hydrogen) atoms. The predicted octanol–water partition coefficient (Wildman–Crippen LogP) is 4.00. The second kappa shape index (κ2) is 8.49. The van der Waals surface area contributed by atoms with Crippen molar-refractivity contribution >= 4 is 5.95 Å². The first-order valence-electron chi connectivity index (χ1n) is 8.94. The normalized spacial score (nSPS) is 18.7. The molecule has 0 amide bonds. The molecule has 4 nitrogen and oxygen atoms in total. The van der Waals surface area contributed by atoms with Crippen molar-refractivity contribution < 1.29 is 13.2 Å². The Morgan fingerprint density at radius 1 is 1.15 bits per heavy atom. The van der Waals surface area contributed by atoms with Crippen LogP contribution in [-0.4, -0.2) is 40.5 Å². The maximum Gasteiger partial charge on any atom is 0.433 e. The topological polar surface area (TPSA) is 41.1 Å². The van der Waals surface area contributed by atoms with E-state index in [0.717, 1.165) is 57.6 Å². The molecule has 1 aromatic heterocycles. The lowest BCUT2D eigenvalue weighted by Crippen LogP contribution is -2.42. The summed E-state index contributed by atoms with van der Waals surface area (Å²) in [5.74, 6) is 0.0518. The molecule has 1 fully saturated rings. The molecule has 1 aromatic carbocycles. The van der Waals surface area contributed by atoms with Gasteiger partial charge in [-0.3, -0.25) is 0 Å². The fourth-order valence-electron chi connectivity index (χ4n) is 3.30. The van der Waals surface area contributed by atoms with Crippen LogP contribution in [0.3, 0.4) is 0 Å². The van der Waals surface area contributed by atoms with Crippen molar-refractivity contribution in [3.05, 3.63) is 53.9 Å². The summed E-state index contributed by atoms with van der Waals surface area (Å²) < 4.78 is 38.3. The number of piperidine rings is 1. The minimum Gasteiger partial charge on any atom is -0.350 e. The lowest BCUT2D eigenvalue weighted by atomic mass is 10.0. The Kier molecular flexibility index (Phi) is 6.08. The van der Waals surface area contributed by atoms with Crippen molar-refractivity contribution in [3.63, 3.8) is 0 Å². The van der Waals surface area contributed by atoms with Gasteiger partial charge in [-0.15, -0.1) is 0 Å². The summed E-state index contributed by atoms with van der Waals surface area (Å²) in [7, 11) is 0. The van der Waals surface area contributed by atoms with E-state index >= 15 is 0 Å². The zero-order chi connectivity index (χ0) is 18.4. The number of halogens is 3. The van der Waals surface area contributed by atoms with Gasteiger partial charge in [0.15, 0.2) is 0 Å². The number of benzene rings is 1. The number of hydrogen-bond donors (Lipinski definition) is 1. The SMILES string of the molecule is FC(F)(F)c1ccnc(NC2CCCN(CCCc3ccccc3)C2)n1. The summed E-state index contributed by atoms with van der Waals surface area (Å²) in [5, 5.41) is 3.07. The molecular weight excluding hydrogens is 341 g/mol. The van der Waals surface area contributed by atoms with Crippen LogP contribution >= 0.6 is 0 Å². The van der Waals surface area contributed by atoms with Gasteiger partial charge in [-0.2, -0.15) is 13.2 Å². The van der Waals surface area contributed by atoms with Crippen LogP contribution in [0.5, 0.6) is 0 Å². The molecule has 1 atom stereocenters. The number of aryl methyl sites for hydroxylation is 1. The molecule has 0 aliphatic carbocycles. The van der Waals surface area contributed by atoms with Gasteiger partial charge >= 0.3 is 6.18 Å². The Morgan fingerprint density at radius 2 is 1.96 bits per heavy atom. The quantitative estimate of drug-likeness (QED) is 0.841. The van der Waals surface area contributed by atoms with Gasteiger partial charge < -0.3 is 10.2 Å². The first-order chi connectivity index (χ1) is 12.5. The minimum atomic E-state index is -4.45. The van der Waals surface area contributed by atoms with Crippen LogP contribution < -0.4 is 5.32 Å². The average molecular weight is 364 g/mol. The lowest BCUT2D eigenvalue weighted by Gasteiger charge is -2.33. The molecule has 0 spiro atoms. The average Bonchev–Trinajstić information content (AvgIpc) is 2.63. The predicted molar refractivity (Wildman–Crippen MR) is 94.9 cm³/mol. The monoisotopic (exact) mass is 364 g/mol. The molecular formula is C19H23F3N4. The fraction of sp³-hybridized carbons (Fsp3) is 0.474. The van der Waals surface area contributed by atoms with Crippen molar-refractivity contribution in [2.45, 2.75) is 37.9 Å². The Bertz CT molecular complexity index is 691. The molecule has 1 aliphatic heterocycles. The third kappa shape index (κ3) is 5.42. The van der Waals surface area contributed by atoms with E-state index in [2.05, 4.69) is 32.3 Å². The number of aromatic nitrogens is 2. The number of rotatable bonds is 6. The second-order valence-corrected chi connectivity index (χ2v) is 6.64. The van der Waals surface area contributed by atoms with E-state index in [1.54, 1.807) is 0 Å². The number of nitrogens with one attached hydrogen (secondary N) is 1. The summed E-state index contributed by atoms with van der Waals surface area (Å²) >= 11 is 0. The number of nitrogens with zero attached hydrogens (tertiary/aromatic N) is 3. The van der Waals surface area contributed by atoms with Crippen LogP contribution in [0.2, 0.25) is 0 Å². The molecule has 0 saturated carbocycles. The smallest absolute Gasteiger partial charge is 0.350 e. The number of likely N-dealkylation sites (tertiary alicyclic amines) is 1. The van der Waals surface area contributed by atoms with Gasteiger partial charge in [0.2, 0.25) is 5.95 Å². The van der Waals surface area contributed by atoms with E-state index in [0.29, 0.717) is 0 Å². The van der Waals surface area contributed by atoms with Gasteiger partial charge in [0.05, 0.1) is 0 Å². The first kappa shape index (κ1) is 18.6. The summed E-state index contributed by atoms with van der Waals surface area (Å²) in [4.78, 5) is 9.89. The fourth-order valence-corrected chi connectivity index (χ4v) is 3.30. The molecule has 1 aliphatic rings. The van der Waals surface area contributed by atoms with Gasteiger partial charge in [0.25, 0.3) is 0 Å². The van der Waals surface area contributed by atoms with E-state index in [9.17, 15) is 13.2 Å². The Labute approximate surface area is 151 Å². The molecule has 1 unspecified atom stereocenters. The standard InChI is InChI=1S/C19H23F3N4/c20-19(21,22)17-10-11-23-18(25-17)24-16-9-5-13-26(14-16)12-4-8-15-6-2-1-3-7-15/h1-3,6-7,10-11,16H,4-5,8-9,12-14H2,(H,23,24,25). The maximum absolute atomic E-state index is 12.8. The zero-order valence-electron chi connectivity index (χ0n) is 14.5. The summed E-state index contributed by atoms with van der Waals surface area (Å²) in [5.41, 5.74) is 0.419. The zero-order valence-corrected chi connectivity index (χ0v) is 14.5. The highest BCUT2D eigenvalue weighted by molar-refractivity contribution is 5.28. The van der Waals surface area contributed by atoms with Crippen LogP contribution in [0.4, 0.5) is 19.1 Å². The van der Waals surface area contributed by atoms with Crippen molar-refractivity contribution in [1.29, 1.82) is 0 Å². The highest BCUT2D eigenvalue weighted by Crippen LogP contribution is 2.27. The van der Waals surface area contributed by atoms with E-state index in [1.165, 1.54) is 5.56 Å². The number of anilines is 1. The molecule has 7 heteroatoms. The van der Waals surface area contributed by atoms with Crippen LogP contribution in [0.25, 0.3) is 0 Å². The van der Waals surface area contributed by atoms with Crippen LogP contribution in [0.1, 0.15) is 30.5 Å².